The molecule has 0 saturated heterocycles. The van der Waals surface area contributed by atoms with Crippen molar-refractivity contribution in [2.45, 2.75) is 18.7 Å². The van der Waals surface area contributed by atoms with Crippen molar-refractivity contribution in [2.24, 2.45) is 0 Å². The summed E-state index contributed by atoms with van der Waals surface area (Å²) < 4.78 is 5.46. The summed E-state index contributed by atoms with van der Waals surface area (Å²) in [5.74, 6) is 0.104. The molecule has 1 aliphatic rings. The topological polar surface area (TPSA) is 66.8 Å². The second-order valence-corrected chi connectivity index (χ2v) is 5.36. The number of para-hydroxylation sites is 1. The van der Waals surface area contributed by atoms with Gasteiger partial charge in [-0.05, 0) is 24.3 Å². The molecule has 4 nitrogen and oxygen atoms in total. The first-order chi connectivity index (χ1) is 9.02. The Kier molecular flexibility index (Phi) is 4.22. The van der Waals surface area contributed by atoms with Crippen molar-refractivity contribution >= 4 is 29.8 Å². The van der Waals surface area contributed by atoms with Crippen LogP contribution in [-0.2, 0) is 11.2 Å². The minimum Gasteiger partial charge on any atom is -0.535 e. The van der Waals surface area contributed by atoms with Crippen LogP contribution in [0.4, 0.5) is 0 Å². The van der Waals surface area contributed by atoms with E-state index in [-0.39, 0.29) is 23.1 Å². The van der Waals surface area contributed by atoms with Crippen molar-refractivity contribution in [3.63, 3.8) is 0 Å². The summed E-state index contributed by atoms with van der Waals surface area (Å²) in [6.07, 6.45) is 2.54. The Hall–Kier alpha value is -1.40. The van der Waals surface area contributed by atoms with E-state index in [0.29, 0.717) is 17.7 Å². The number of benzene rings is 1. The number of aliphatic hydroxyl groups excluding tert-OH is 1. The maximum absolute atomic E-state index is 11.5. The molecule has 2 N–H and O–H groups in total. The van der Waals surface area contributed by atoms with Crippen molar-refractivity contribution in [1.29, 1.82) is 0 Å². The quantitative estimate of drug-likeness (QED) is 0.656. The fourth-order valence-corrected chi connectivity index (χ4v) is 2.56. The van der Waals surface area contributed by atoms with E-state index < -0.39 is 7.12 Å². The van der Waals surface area contributed by atoms with Gasteiger partial charge in [-0.3, -0.25) is 4.79 Å². The maximum atomic E-state index is 11.5. The molecule has 0 aliphatic carbocycles. The van der Waals surface area contributed by atoms with Crippen LogP contribution in [0.25, 0.3) is 5.76 Å². The number of hydrogen-bond acceptors (Lipinski definition) is 5. The predicted octanol–water partition coefficient (Wildman–Crippen LogP) is 2.28. The zero-order chi connectivity index (χ0) is 14.0. The molecule has 100 valence electrons. The van der Waals surface area contributed by atoms with Crippen LogP contribution in [0.2, 0.25) is 5.82 Å². The number of carbonyl (C=O) groups excluding carboxylic acids is 1. The Morgan fingerprint density at radius 1 is 1.63 bits per heavy atom. The van der Waals surface area contributed by atoms with Gasteiger partial charge in [0.1, 0.15) is 11.5 Å². The van der Waals surface area contributed by atoms with Gasteiger partial charge in [0.25, 0.3) is 0 Å². The Morgan fingerprint density at radius 2 is 2.37 bits per heavy atom. The van der Waals surface area contributed by atoms with Gasteiger partial charge < -0.3 is 14.8 Å². The highest BCUT2D eigenvalue weighted by Crippen LogP contribution is 2.38. The molecule has 19 heavy (non-hydrogen) atoms. The van der Waals surface area contributed by atoms with Gasteiger partial charge in [-0.15, -0.1) is 0 Å². The molecule has 0 fully saturated rings. The maximum Gasteiger partial charge on any atom is 0.526 e. The normalized spacial score (nSPS) is 17.6. The monoisotopic (exact) mass is 278 g/mol. The van der Waals surface area contributed by atoms with Crippen molar-refractivity contribution < 1.29 is 19.6 Å². The molecule has 0 saturated carbocycles. The third kappa shape index (κ3) is 2.96. The van der Waals surface area contributed by atoms with Gasteiger partial charge in [0.2, 0.25) is 0 Å². The van der Waals surface area contributed by atoms with Crippen molar-refractivity contribution in [3.05, 3.63) is 35.9 Å². The van der Waals surface area contributed by atoms with Gasteiger partial charge in [-0.25, -0.2) is 0 Å². The molecular formula is C13H15BO4S. The molecule has 2 rings (SSSR count). The summed E-state index contributed by atoms with van der Waals surface area (Å²) in [4.78, 5) is 11.5. The third-order valence-electron chi connectivity index (χ3n) is 3.19. The fourth-order valence-electron chi connectivity index (χ4n) is 2.18. The van der Waals surface area contributed by atoms with Crippen LogP contribution in [0.15, 0.2) is 24.8 Å². The van der Waals surface area contributed by atoms with Gasteiger partial charge in [0.05, 0.1) is 5.56 Å². The van der Waals surface area contributed by atoms with Gasteiger partial charge in [-0.2, -0.15) is 0 Å². The number of aliphatic hydroxyl groups is 1. The molecular weight excluding hydrogens is 263 g/mol. The molecule has 0 amide bonds. The van der Waals surface area contributed by atoms with Gasteiger partial charge in [0.15, 0.2) is 5.12 Å². The Bertz CT molecular complexity index is 517. The largest absolute Gasteiger partial charge is 0.535 e. The van der Waals surface area contributed by atoms with Gasteiger partial charge in [-0.1, -0.05) is 30.5 Å². The van der Waals surface area contributed by atoms with Crippen molar-refractivity contribution in [3.8, 4) is 5.75 Å². The smallest absolute Gasteiger partial charge is 0.526 e. The van der Waals surface area contributed by atoms with E-state index in [1.165, 1.54) is 0 Å². The Morgan fingerprint density at radius 3 is 3.00 bits per heavy atom. The summed E-state index contributed by atoms with van der Waals surface area (Å²) in [6.45, 7) is 3.48. The first kappa shape index (κ1) is 14.0. The van der Waals surface area contributed by atoms with Crippen LogP contribution in [0, 0.1) is 0 Å². The molecule has 1 aromatic rings. The Labute approximate surface area is 116 Å². The lowest BCUT2D eigenvalue weighted by atomic mass is 9.65. The zero-order valence-electron chi connectivity index (χ0n) is 10.6. The molecule has 0 radical (unpaired) electrons. The SMILES string of the molecule is C=C(O)c1cccc2c1OB(O)[C@@H](CC(=O)SC)C2. The molecule has 0 unspecified atom stereocenters. The van der Waals surface area contributed by atoms with E-state index in [1.807, 2.05) is 6.07 Å². The van der Waals surface area contributed by atoms with Gasteiger partial charge >= 0.3 is 7.12 Å². The standard InChI is InChI=1S/C13H15BO4S/c1-8(15)11-5-3-4-9-6-10(7-12(16)19-2)14(17)18-13(9)11/h3-5,10,15,17H,1,6-7H2,2H3/t10-/m1/s1. The highest BCUT2D eigenvalue weighted by atomic mass is 32.2. The summed E-state index contributed by atoms with van der Waals surface area (Å²) in [7, 11) is -1.04. The minimum atomic E-state index is -1.04. The summed E-state index contributed by atoms with van der Waals surface area (Å²) in [5, 5.41) is 19.5. The number of rotatable bonds is 3. The van der Waals surface area contributed by atoms with Gasteiger partial charge in [0, 0.05) is 12.2 Å². The lowest BCUT2D eigenvalue weighted by Gasteiger charge is -2.28. The summed E-state index contributed by atoms with van der Waals surface area (Å²) in [6, 6.07) is 5.34. The first-order valence-corrected chi connectivity index (χ1v) is 7.17. The van der Waals surface area contributed by atoms with Crippen LogP contribution in [-0.4, -0.2) is 28.6 Å². The summed E-state index contributed by atoms with van der Waals surface area (Å²) >= 11 is 1.15. The molecule has 0 spiro atoms. The second-order valence-electron chi connectivity index (χ2n) is 4.49. The van der Waals surface area contributed by atoms with E-state index in [4.69, 9.17) is 4.65 Å². The van der Waals surface area contributed by atoms with E-state index in [0.717, 1.165) is 17.3 Å². The number of fused-ring (bicyclic) bond motifs is 1. The number of hydrogen-bond donors (Lipinski definition) is 2. The van der Waals surface area contributed by atoms with Crippen LogP contribution >= 0.6 is 11.8 Å². The zero-order valence-corrected chi connectivity index (χ0v) is 11.4. The van der Waals surface area contributed by atoms with Crippen LogP contribution in [0.1, 0.15) is 17.5 Å². The van der Waals surface area contributed by atoms with Crippen LogP contribution in [0.3, 0.4) is 0 Å². The molecule has 1 heterocycles. The number of thioether (sulfide) groups is 1. The highest BCUT2D eigenvalue weighted by molar-refractivity contribution is 8.13. The molecule has 0 aromatic heterocycles. The first-order valence-electron chi connectivity index (χ1n) is 5.94. The molecule has 1 aliphatic heterocycles. The minimum absolute atomic E-state index is 0.0267. The predicted molar refractivity (Wildman–Crippen MR) is 77.3 cm³/mol. The van der Waals surface area contributed by atoms with Crippen LogP contribution in [0.5, 0.6) is 5.75 Å². The Balaban J connectivity index is 2.26. The fraction of sp³-hybridized carbons (Fsp3) is 0.308. The third-order valence-corrected chi connectivity index (χ3v) is 3.81. The second kappa shape index (κ2) is 5.71. The average molecular weight is 278 g/mol. The molecule has 1 aromatic carbocycles. The lowest BCUT2D eigenvalue weighted by molar-refractivity contribution is -0.111. The van der Waals surface area contributed by atoms with E-state index in [2.05, 4.69) is 6.58 Å². The molecule has 0 bridgehead atoms. The molecule has 6 heteroatoms. The van der Waals surface area contributed by atoms with E-state index in [9.17, 15) is 14.9 Å². The average Bonchev–Trinajstić information content (AvgIpc) is 2.38. The summed E-state index contributed by atoms with van der Waals surface area (Å²) in [5.41, 5.74) is 1.35. The highest BCUT2D eigenvalue weighted by Gasteiger charge is 2.37. The van der Waals surface area contributed by atoms with E-state index >= 15 is 0 Å². The lowest BCUT2D eigenvalue weighted by Crippen LogP contribution is -2.35. The number of carbonyl (C=O) groups is 1. The molecule has 1 atom stereocenters. The van der Waals surface area contributed by atoms with E-state index in [1.54, 1.807) is 18.4 Å². The van der Waals surface area contributed by atoms with Crippen LogP contribution < -0.4 is 4.65 Å². The van der Waals surface area contributed by atoms with Crippen molar-refractivity contribution in [2.75, 3.05) is 6.26 Å². The van der Waals surface area contributed by atoms with Crippen molar-refractivity contribution in [1.82, 2.24) is 0 Å².